The molecular formula is C30H41ClN10O9S3. The van der Waals surface area contributed by atoms with Gasteiger partial charge in [-0.1, -0.05) is 5.16 Å². The van der Waals surface area contributed by atoms with Crippen molar-refractivity contribution < 1.29 is 43.7 Å². The molecule has 0 saturated heterocycles. The van der Waals surface area contributed by atoms with E-state index in [1.165, 1.54) is 63.5 Å². The normalized spacial score (nSPS) is 9.79. The number of carbonyl (C=O) groups excluding carboxylic acids is 3. The Morgan fingerprint density at radius 1 is 0.849 bits per heavy atom. The number of hydrazine groups is 1. The molecule has 0 aliphatic heterocycles. The van der Waals surface area contributed by atoms with Crippen LogP contribution in [0.5, 0.6) is 0 Å². The Hall–Kier alpha value is -5.13. The number of carboxylic acid groups (broad SMARTS) is 1. The van der Waals surface area contributed by atoms with Crippen LogP contribution in [-0.2, 0) is 23.9 Å². The lowest BCUT2D eigenvalue weighted by atomic mass is 10.2. The fourth-order valence-corrected chi connectivity index (χ4v) is 5.08. The number of nitrogens with one attached hydrogen (secondary N) is 1. The molecule has 0 aliphatic carbocycles. The molecule has 5 N–H and O–H groups in total. The fraction of sp³-hybridized carbons (Fsp3) is 0.333. The number of carboxylic acids is 1. The van der Waals surface area contributed by atoms with Crippen molar-refractivity contribution >= 4 is 81.0 Å². The van der Waals surface area contributed by atoms with Crippen LogP contribution in [0.1, 0.15) is 59.6 Å². The molecule has 0 aromatic carbocycles. The molecule has 0 aliphatic rings. The lowest BCUT2D eigenvalue weighted by Crippen LogP contribution is -2.20. The number of aliphatic hydroxyl groups excluding tert-OH is 1. The summed E-state index contributed by atoms with van der Waals surface area (Å²) in [5, 5.41) is 35.0. The molecule has 0 bridgehead atoms. The molecule has 0 fully saturated rings. The van der Waals surface area contributed by atoms with E-state index in [1.807, 2.05) is 17.7 Å². The topological polar surface area (TPSA) is 261 Å². The number of nitrogens with zero attached hydrogens (tertiary/aromatic N) is 8. The molecule has 0 amide bonds. The molecule has 5 rings (SSSR count). The summed E-state index contributed by atoms with van der Waals surface area (Å²) < 4.78 is 12.5. The number of anilines is 1. The second-order valence-electron chi connectivity index (χ2n) is 9.12. The predicted octanol–water partition coefficient (Wildman–Crippen LogP) is 4.14. The van der Waals surface area contributed by atoms with Crippen LogP contribution in [0.15, 0.2) is 52.0 Å². The molecule has 0 atom stereocenters. The van der Waals surface area contributed by atoms with Gasteiger partial charge in [0.2, 0.25) is 10.3 Å². The van der Waals surface area contributed by atoms with Crippen LogP contribution in [0.2, 0.25) is 0 Å². The molecule has 5 heterocycles. The monoisotopic (exact) mass is 816 g/mol. The van der Waals surface area contributed by atoms with Crippen LogP contribution in [0.3, 0.4) is 0 Å². The van der Waals surface area contributed by atoms with Gasteiger partial charge in [-0.05, 0) is 46.8 Å². The van der Waals surface area contributed by atoms with Gasteiger partial charge >= 0.3 is 17.9 Å². The summed E-state index contributed by atoms with van der Waals surface area (Å²) in [7, 11) is 2.30. The number of aromatic nitrogens is 7. The highest BCUT2D eigenvalue weighted by Crippen LogP contribution is 2.16. The number of aliphatic hydroxyl groups is 1. The summed E-state index contributed by atoms with van der Waals surface area (Å²) in [4.78, 5) is 60.6. The number of oxime groups is 1. The van der Waals surface area contributed by atoms with Gasteiger partial charge in [0, 0.05) is 41.8 Å². The number of esters is 2. The minimum atomic E-state index is -0.999. The van der Waals surface area contributed by atoms with Gasteiger partial charge in [-0.25, -0.2) is 35.2 Å². The first-order valence-corrected chi connectivity index (χ1v) is 17.5. The van der Waals surface area contributed by atoms with Gasteiger partial charge < -0.3 is 24.5 Å². The number of carbonyl (C=O) groups is 4. The first-order chi connectivity index (χ1) is 24.9. The maximum atomic E-state index is 11.7. The van der Waals surface area contributed by atoms with E-state index >= 15 is 0 Å². The number of thiazole rings is 3. The van der Waals surface area contributed by atoms with Crippen molar-refractivity contribution in [1.29, 1.82) is 0 Å². The summed E-state index contributed by atoms with van der Waals surface area (Å²) in [5.41, 5.74) is 4.39. The van der Waals surface area contributed by atoms with Gasteiger partial charge in [-0.15, -0.1) is 46.4 Å². The SMILES string of the molecule is CCOC(=O)C(CC(C)=O)=NOC.CCOC(=O)c1cc(C)nn1-c1nccs1.CO.Cc1cc(C(=O)O)n(-c2nccs2)n1.Cl.NNc1nccs1. The third kappa shape index (κ3) is 16.8. The number of aromatic carboxylic acids is 1. The van der Waals surface area contributed by atoms with E-state index in [-0.39, 0.29) is 48.6 Å². The van der Waals surface area contributed by atoms with Crippen molar-refractivity contribution in [1.82, 2.24) is 34.5 Å². The number of ether oxygens (including phenoxy) is 2. The van der Waals surface area contributed by atoms with Gasteiger partial charge in [0.25, 0.3) is 0 Å². The minimum Gasteiger partial charge on any atom is -0.477 e. The van der Waals surface area contributed by atoms with E-state index in [0.29, 0.717) is 28.3 Å². The van der Waals surface area contributed by atoms with Crippen molar-refractivity contribution in [2.24, 2.45) is 11.0 Å². The van der Waals surface area contributed by atoms with E-state index < -0.39 is 11.9 Å². The molecule has 290 valence electrons. The van der Waals surface area contributed by atoms with E-state index in [0.717, 1.165) is 17.9 Å². The minimum absolute atomic E-state index is 0. The standard InChI is InChI=1S/C10H11N3O2S.C8H7N3O2S.C8H13NO4.C3H5N3S.CH4O.ClH/c1-3-15-9(14)8-6-7(2)12-13(8)10-11-4-5-16-10;1-5-4-6(7(12)13)11(10-5)8-9-2-3-14-8;1-4-13-8(11)7(9-12-3)5-6(2)10;4-6-3-5-1-2-7-3;1-2;/h4-6H,3H2,1-2H3;2-4H,1H3,(H,12,13);4-5H2,1-3H3;1-2H,4H2,(H,5,6);2H,1H3;1H. The highest BCUT2D eigenvalue weighted by molar-refractivity contribution is 7.13. The Labute approximate surface area is 322 Å². The average molecular weight is 817 g/mol. The molecule has 5 aromatic heterocycles. The number of hydrogen-bond acceptors (Lipinski definition) is 19. The number of halogens is 1. The lowest BCUT2D eigenvalue weighted by Gasteiger charge is -2.02. The van der Waals surface area contributed by atoms with Crippen LogP contribution in [0.4, 0.5) is 5.13 Å². The van der Waals surface area contributed by atoms with Crippen LogP contribution >= 0.6 is 46.4 Å². The van der Waals surface area contributed by atoms with Crippen molar-refractivity contribution in [3.05, 3.63) is 69.6 Å². The fourth-order valence-electron chi connectivity index (χ4n) is 3.43. The van der Waals surface area contributed by atoms with E-state index in [9.17, 15) is 19.2 Å². The van der Waals surface area contributed by atoms with E-state index in [4.69, 9.17) is 20.8 Å². The zero-order valence-corrected chi connectivity index (χ0v) is 33.0. The number of aryl methyl sites for hydroxylation is 2. The molecule has 0 saturated carbocycles. The van der Waals surface area contributed by atoms with Crippen molar-refractivity contribution in [3.63, 3.8) is 0 Å². The second-order valence-corrected chi connectivity index (χ2v) is 11.8. The largest absolute Gasteiger partial charge is 0.477 e. The van der Waals surface area contributed by atoms with Gasteiger partial charge in [0.05, 0.1) is 31.0 Å². The Morgan fingerprint density at radius 3 is 1.72 bits per heavy atom. The first kappa shape index (κ1) is 47.9. The van der Waals surface area contributed by atoms with E-state index in [2.05, 4.69) is 45.3 Å². The number of ketones is 1. The molecule has 53 heavy (non-hydrogen) atoms. The average Bonchev–Trinajstić information content (AvgIpc) is 3.96. The van der Waals surface area contributed by atoms with Gasteiger partial charge in [0.15, 0.2) is 22.2 Å². The van der Waals surface area contributed by atoms with Crippen molar-refractivity contribution in [2.45, 2.75) is 41.0 Å². The van der Waals surface area contributed by atoms with Crippen molar-refractivity contribution in [2.75, 3.05) is 32.9 Å². The van der Waals surface area contributed by atoms with Crippen LogP contribution in [0, 0.1) is 13.8 Å². The summed E-state index contributed by atoms with van der Waals surface area (Å²) >= 11 is 4.24. The summed E-state index contributed by atoms with van der Waals surface area (Å²) in [6.45, 7) is 8.99. The third-order valence-corrected chi connectivity index (χ3v) is 7.45. The van der Waals surface area contributed by atoms with Gasteiger partial charge in [-0.3, -0.25) is 10.2 Å². The zero-order valence-electron chi connectivity index (χ0n) is 29.8. The predicted molar refractivity (Wildman–Crippen MR) is 203 cm³/mol. The van der Waals surface area contributed by atoms with Crippen molar-refractivity contribution in [3.8, 4) is 10.3 Å². The Balaban J connectivity index is 0.000000684. The maximum Gasteiger partial charge on any atom is 0.357 e. The number of nitrogens with two attached hydrogens (primary N) is 1. The summed E-state index contributed by atoms with van der Waals surface area (Å²) in [5.74, 6) is 2.84. The molecule has 23 heteroatoms. The second kappa shape index (κ2) is 26.6. The Bertz CT molecular complexity index is 1810. The number of hydrogen-bond donors (Lipinski definition) is 4. The smallest absolute Gasteiger partial charge is 0.357 e. The maximum absolute atomic E-state index is 11.7. The number of rotatable bonds is 11. The summed E-state index contributed by atoms with van der Waals surface area (Å²) in [6.07, 6.45) is 4.92. The Morgan fingerprint density at radius 2 is 1.34 bits per heavy atom. The highest BCUT2D eigenvalue weighted by Gasteiger charge is 2.18. The number of nitrogen functional groups attached to an aromatic ring is 1. The van der Waals surface area contributed by atoms with Crippen LogP contribution in [-0.4, -0.2) is 102 Å². The summed E-state index contributed by atoms with van der Waals surface area (Å²) in [6, 6.07) is 3.21. The molecule has 0 radical (unpaired) electrons. The lowest BCUT2D eigenvalue weighted by molar-refractivity contribution is -0.135. The molecule has 19 nitrogen and oxygen atoms in total. The Kier molecular flexibility index (Phi) is 24.0. The van der Waals surface area contributed by atoms with E-state index in [1.54, 1.807) is 50.8 Å². The van der Waals surface area contributed by atoms with Crippen LogP contribution < -0.4 is 11.3 Å². The third-order valence-electron chi connectivity index (χ3n) is 5.25. The molecule has 0 spiro atoms. The molecule has 5 aromatic rings. The highest BCUT2D eigenvalue weighted by atomic mass is 35.5. The van der Waals surface area contributed by atoms with Gasteiger partial charge in [-0.2, -0.15) is 19.6 Å². The van der Waals surface area contributed by atoms with Crippen LogP contribution in [0.25, 0.3) is 10.3 Å². The molecule has 0 unspecified atom stereocenters. The number of Topliss-reactive ketones (excluding diaryl/α,β-unsaturated/α-hetero) is 1. The zero-order chi connectivity index (χ0) is 39.1. The van der Waals surface area contributed by atoms with Gasteiger partial charge in [0.1, 0.15) is 12.9 Å². The first-order valence-electron chi connectivity index (χ1n) is 14.9. The quantitative estimate of drug-likeness (QED) is 0.0632. The molecular weight excluding hydrogens is 776 g/mol.